The van der Waals surface area contributed by atoms with Crippen LogP contribution in [-0.2, 0) is 22.4 Å². The van der Waals surface area contributed by atoms with Gasteiger partial charge in [0, 0.05) is 12.8 Å². The molecule has 0 bridgehead atoms. The van der Waals surface area contributed by atoms with Gasteiger partial charge < -0.3 is 10.1 Å². The van der Waals surface area contributed by atoms with Crippen molar-refractivity contribution in [3.05, 3.63) is 35.4 Å². The molecule has 0 heterocycles. The summed E-state index contributed by atoms with van der Waals surface area (Å²) >= 11 is 0. The van der Waals surface area contributed by atoms with E-state index in [1.54, 1.807) is 0 Å². The Bertz CT molecular complexity index is 376. The van der Waals surface area contributed by atoms with Crippen LogP contribution in [0.1, 0.15) is 18.1 Å². The molecule has 0 aromatic heterocycles. The zero-order valence-corrected chi connectivity index (χ0v) is 9.75. The van der Waals surface area contributed by atoms with E-state index in [1.807, 2.05) is 19.1 Å². The zero-order valence-electron chi connectivity index (χ0n) is 9.75. The number of carbonyl (C=O) groups excluding carboxylic acids is 1. The summed E-state index contributed by atoms with van der Waals surface area (Å²) in [4.78, 5) is 11.9. The van der Waals surface area contributed by atoms with Crippen molar-refractivity contribution in [1.82, 2.24) is 5.32 Å². The zero-order chi connectivity index (χ0) is 11.6. The minimum absolute atomic E-state index is 0.162. The lowest BCUT2D eigenvalue weighted by Gasteiger charge is -2.26. The van der Waals surface area contributed by atoms with Gasteiger partial charge in [-0.05, 0) is 17.7 Å². The Morgan fingerprint density at radius 1 is 1.38 bits per heavy atom. The number of esters is 1. The van der Waals surface area contributed by atoms with Crippen molar-refractivity contribution in [3.8, 4) is 0 Å². The Balaban J connectivity index is 2.30. The second-order valence-electron chi connectivity index (χ2n) is 4.23. The quantitative estimate of drug-likeness (QED) is 0.779. The summed E-state index contributed by atoms with van der Waals surface area (Å²) in [5.41, 5.74) is 1.94. The minimum atomic E-state index is -0.548. The fourth-order valence-electron chi connectivity index (χ4n) is 2.49. The predicted molar refractivity (Wildman–Crippen MR) is 62.3 cm³/mol. The standard InChI is InChI=1S/C13H17NO2/c1-3-14-13(12(15)16-2)8-10-6-4-5-7-11(10)9-13/h4-7,14H,3,8-9H2,1-2H3. The molecule has 3 heteroatoms. The van der Waals surface area contributed by atoms with E-state index >= 15 is 0 Å². The van der Waals surface area contributed by atoms with Crippen LogP contribution in [0.25, 0.3) is 0 Å². The molecule has 0 amide bonds. The maximum atomic E-state index is 11.9. The van der Waals surface area contributed by atoms with E-state index in [4.69, 9.17) is 4.74 Å². The molecule has 0 atom stereocenters. The Labute approximate surface area is 95.8 Å². The lowest BCUT2D eigenvalue weighted by Crippen LogP contribution is -2.53. The molecule has 0 fully saturated rings. The van der Waals surface area contributed by atoms with Gasteiger partial charge in [-0.15, -0.1) is 0 Å². The third kappa shape index (κ3) is 1.71. The highest BCUT2D eigenvalue weighted by atomic mass is 16.5. The summed E-state index contributed by atoms with van der Waals surface area (Å²) in [6.07, 6.45) is 1.45. The number of nitrogens with one attached hydrogen (secondary N) is 1. The van der Waals surface area contributed by atoms with Gasteiger partial charge in [0.25, 0.3) is 0 Å². The van der Waals surface area contributed by atoms with Crippen molar-refractivity contribution >= 4 is 5.97 Å². The first-order chi connectivity index (χ1) is 7.72. The first-order valence-corrected chi connectivity index (χ1v) is 5.62. The van der Waals surface area contributed by atoms with Gasteiger partial charge >= 0.3 is 5.97 Å². The summed E-state index contributed by atoms with van der Waals surface area (Å²) in [6.45, 7) is 2.77. The average Bonchev–Trinajstić information content (AvgIpc) is 2.67. The van der Waals surface area contributed by atoms with Crippen molar-refractivity contribution in [1.29, 1.82) is 0 Å². The molecular formula is C13H17NO2. The SMILES string of the molecule is CCNC1(C(=O)OC)Cc2ccccc2C1. The third-order valence-corrected chi connectivity index (χ3v) is 3.19. The number of methoxy groups -OCH3 is 1. The molecule has 16 heavy (non-hydrogen) atoms. The van der Waals surface area contributed by atoms with E-state index in [0.29, 0.717) is 0 Å². The lowest BCUT2D eigenvalue weighted by atomic mass is 9.96. The monoisotopic (exact) mass is 219 g/mol. The van der Waals surface area contributed by atoms with Gasteiger partial charge in [0.2, 0.25) is 0 Å². The summed E-state index contributed by atoms with van der Waals surface area (Å²) in [5.74, 6) is -0.162. The molecule has 0 unspecified atom stereocenters. The van der Waals surface area contributed by atoms with Crippen molar-refractivity contribution in [2.24, 2.45) is 0 Å². The maximum absolute atomic E-state index is 11.9. The maximum Gasteiger partial charge on any atom is 0.326 e. The van der Waals surface area contributed by atoms with Crippen molar-refractivity contribution in [3.63, 3.8) is 0 Å². The Kier molecular flexibility index (Phi) is 2.97. The fourth-order valence-corrected chi connectivity index (χ4v) is 2.49. The second kappa shape index (κ2) is 4.26. The molecule has 86 valence electrons. The van der Waals surface area contributed by atoms with Crippen molar-refractivity contribution < 1.29 is 9.53 Å². The number of rotatable bonds is 3. The molecule has 1 aromatic rings. The fraction of sp³-hybridized carbons (Fsp3) is 0.462. The molecule has 0 saturated carbocycles. The smallest absolute Gasteiger partial charge is 0.326 e. The van der Waals surface area contributed by atoms with E-state index < -0.39 is 5.54 Å². The van der Waals surface area contributed by atoms with Gasteiger partial charge in [0.15, 0.2) is 0 Å². The number of likely N-dealkylation sites (N-methyl/N-ethyl adjacent to an activating group) is 1. The average molecular weight is 219 g/mol. The normalized spacial score (nSPS) is 16.9. The van der Waals surface area contributed by atoms with Crippen LogP contribution in [0.15, 0.2) is 24.3 Å². The first-order valence-electron chi connectivity index (χ1n) is 5.62. The Hall–Kier alpha value is -1.35. The van der Waals surface area contributed by atoms with Crippen LogP contribution in [0.5, 0.6) is 0 Å². The summed E-state index contributed by atoms with van der Waals surface area (Å²) < 4.78 is 4.92. The topological polar surface area (TPSA) is 38.3 Å². The molecule has 1 aromatic carbocycles. The van der Waals surface area contributed by atoms with E-state index in [2.05, 4.69) is 17.4 Å². The minimum Gasteiger partial charge on any atom is -0.468 e. The van der Waals surface area contributed by atoms with E-state index in [0.717, 1.165) is 19.4 Å². The summed E-state index contributed by atoms with van der Waals surface area (Å²) in [7, 11) is 1.45. The van der Waals surface area contributed by atoms with E-state index in [-0.39, 0.29) is 5.97 Å². The molecule has 0 spiro atoms. The molecule has 0 saturated heterocycles. The Morgan fingerprint density at radius 2 is 1.94 bits per heavy atom. The van der Waals surface area contributed by atoms with Crippen LogP contribution in [-0.4, -0.2) is 25.2 Å². The second-order valence-corrected chi connectivity index (χ2v) is 4.23. The molecule has 1 aliphatic carbocycles. The predicted octanol–water partition coefficient (Wildman–Crippen LogP) is 1.31. The van der Waals surface area contributed by atoms with Crippen LogP contribution < -0.4 is 5.32 Å². The number of hydrogen-bond donors (Lipinski definition) is 1. The van der Waals surface area contributed by atoms with Gasteiger partial charge in [-0.25, -0.2) is 0 Å². The molecule has 3 nitrogen and oxygen atoms in total. The van der Waals surface area contributed by atoms with Gasteiger partial charge in [-0.3, -0.25) is 4.79 Å². The molecule has 0 radical (unpaired) electrons. The largest absolute Gasteiger partial charge is 0.468 e. The summed E-state index contributed by atoms with van der Waals surface area (Å²) in [5, 5.41) is 3.28. The lowest BCUT2D eigenvalue weighted by molar-refractivity contribution is -0.148. The number of fused-ring (bicyclic) bond motifs is 1. The number of benzene rings is 1. The van der Waals surface area contributed by atoms with Crippen LogP contribution in [0.4, 0.5) is 0 Å². The van der Waals surface area contributed by atoms with Crippen LogP contribution in [0, 0.1) is 0 Å². The van der Waals surface area contributed by atoms with E-state index in [9.17, 15) is 4.79 Å². The van der Waals surface area contributed by atoms with Gasteiger partial charge in [-0.1, -0.05) is 31.2 Å². The molecule has 1 aliphatic rings. The number of ether oxygens (including phenoxy) is 1. The van der Waals surface area contributed by atoms with Crippen molar-refractivity contribution in [2.45, 2.75) is 25.3 Å². The molecule has 1 N–H and O–H groups in total. The van der Waals surface area contributed by atoms with Crippen LogP contribution >= 0.6 is 0 Å². The van der Waals surface area contributed by atoms with E-state index in [1.165, 1.54) is 18.2 Å². The third-order valence-electron chi connectivity index (χ3n) is 3.19. The van der Waals surface area contributed by atoms with Gasteiger partial charge in [0.05, 0.1) is 7.11 Å². The molecular weight excluding hydrogens is 202 g/mol. The van der Waals surface area contributed by atoms with Crippen LogP contribution in [0.3, 0.4) is 0 Å². The molecule has 2 rings (SSSR count). The molecule has 0 aliphatic heterocycles. The highest BCUT2D eigenvalue weighted by Crippen LogP contribution is 2.30. The number of hydrogen-bond acceptors (Lipinski definition) is 3. The van der Waals surface area contributed by atoms with Crippen molar-refractivity contribution in [2.75, 3.05) is 13.7 Å². The first kappa shape index (κ1) is 11.1. The highest BCUT2D eigenvalue weighted by Gasteiger charge is 2.43. The summed E-state index contributed by atoms with van der Waals surface area (Å²) in [6, 6.07) is 8.19. The van der Waals surface area contributed by atoms with Gasteiger partial charge in [-0.2, -0.15) is 0 Å². The van der Waals surface area contributed by atoms with Gasteiger partial charge in [0.1, 0.15) is 5.54 Å². The Morgan fingerprint density at radius 3 is 2.38 bits per heavy atom. The van der Waals surface area contributed by atoms with Crippen LogP contribution in [0.2, 0.25) is 0 Å². The number of carbonyl (C=O) groups is 1. The highest BCUT2D eigenvalue weighted by molar-refractivity contribution is 5.83.